The standard InChI is InChI=1S/C11H23NO2S/c1-11(2,3)14-10(13)6-8-12-7-5-9-15-4/h12H,5-9H2,1-4H3. The third-order valence-corrected chi connectivity index (χ3v) is 2.32. The first-order valence-electron chi connectivity index (χ1n) is 5.37. The lowest BCUT2D eigenvalue weighted by molar-refractivity contribution is -0.154. The Hall–Kier alpha value is -0.220. The molecule has 0 heterocycles. The molecule has 1 N–H and O–H groups in total. The second-order valence-electron chi connectivity index (χ2n) is 4.43. The van der Waals surface area contributed by atoms with Gasteiger partial charge in [-0.1, -0.05) is 0 Å². The lowest BCUT2D eigenvalue weighted by Crippen LogP contribution is -2.27. The van der Waals surface area contributed by atoms with Crippen LogP contribution in [0.3, 0.4) is 0 Å². The van der Waals surface area contributed by atoms with Gasteiger partial charge in [0, 0.05) is 6.54 Å². The summed E-state index contributed by atoms with van der Waals surface area (Å²) >= 11 is 1.84. The first-order valence-corrected chi connectivity index (χ1v) is 6.76. The normalized spacial score (nSPS) is 11.5. The van der Waals surface area contributed by atoms with Crippen molar-refractivity contribution in [2.24, 2.45) is 0 Å². The van der Waals surface area contributed by atoms with Gasteiger partial charge in [-0.3, -0.25) is 4.79 Å². The van der Waals surface area contributed by atoms with Crippen molar-refractivity contribution in [1.82, 2.24) is 5.32 Å². The molecule has 0 fully saturated rings. The van der Waals surface area contributed by atoms with Gasteiger partial charge in [0.2, 0.25) is 0 Å². The van der Waals surface area contributed by atoms with E-state index in [1.807, 2.05) is 32.5 Å². The fraction of sp³-hybridized carbons (Fsp3) is 0.909. The van der Waals surface area contributed by atoms with Crippen LogP contribution in [0.5, 0.6) is 0 Å². The van der Waals surface area contributed by atoms with E-state index in [2.05, 4.69) is 11.6 Å². The highest BCUT2D eigenvalue weighted by Gasteiger charge is 2.15. The van der Waals surface area contributed by atoms with Crippen molar-refractivity contribution >= 4 is 17.7 Å². The van der Waals surface area contributed by atoms with Crippen molar-refractivity contribution in [3.05, 3.63) is 0 Å². The summed E-state index contributed by atoms with van der Waals surface area (Å²) in [6.07, 6.45) is 3.70. The third-order valence-electron chi connectivity index (χ3n) is 1.63. The average molecular weight is 233 g/mol. The molecule has 0 atom stereocenters. The Balaban J connectivity index is 3.32. The fourth-order valence-corrected chi connectivity index (χ4v) is 1.48. The predicted molar refractivity (Wildman–Crippen MR) is 66.3 cm³/mol. The van der Waals surface area contributed by atoms with E-state index in [1.165, 1.54) is 5.75 Å². The van der Waals surface area contributed by atoms with Gasteiger partial charge < -0.3 is 10.1 Å². The summed E-state index contributed by atoms with van der Waals surface area (Å²) in [4.78, 5) is 11.3. The van der Waals surface area contributed by atoms with Crippen LogP contribution in [0.15, 0.2) is 0 Å². The molecule has 0 aromatic rings. The third kappa shape index (κ3) is 11.7. The minimum absolute atomic E-state index is 0.125. The number of esters is 1. The highest BCUT2D eigenvalue weighted by atomic mass is 32.2. The van der Waals surface area contributed by atoms with Crippen LogP contribution in [0, 0.1) is 0 Å². The smallest absolute Gasteiger partial charge is 0.307 e. The van der Waals surface area contributed by atoms with E-state index in [0.29, 0.717) is 13.0 Å². The van der Waals surface area contributed by atoms with Gasteiger partial charge in [0.25, 0.3) is 0 Å². The summed E-state index contributed by atoms with van der Waals surface area (Å²) < 4.78 is 5.18. The summed E-state index contributed by atoms with van der Waals surface area (Å²) in [6.45, 7) is 7.34. The summed E-state index contributed by atoms with van der Waals surface area (Å²) in [5, 5.41) is 3.22. The maximum atomic E-state index is 11.3. The topological polar surface area (TPSA) is 38.3 Å². The molecule has 0 aliphatic carbocycles. The fourth-order valence-electron chi connectivity index (χ4n) is 1.05. The second kappa shape index (κ2) is 7.99. The van der Waals surface area contributed by atoms with Gasteiger partial charge in [-0.25, -0.2) is 0 Å². The van der Waals surface area contributed by atoms with E-state index in [1.54, 1.807) is 0 Å². The van der Waals surface area contributed by atoms with Crippen LogP contribution in [0.25, 0.3) is 0 Å². The summed E-state index contributed by atoms with van der Waals surface area (Å²) in [5.74, 6) is 1.04. The Morgan fingerprint density at radius 2 is 2.00 bits per heavy atom. The number of rotatable bonds is 7. The molecular weight excluding hydrogens is 210 g/mol. The van der Waals surface area contributed by atoms with Gasteiger partial charge in [0.05, 0.1) is 6.42 Å². The van der Waals surface area contributed by atoms with Gasteiger partial charge in [-0.2, -0.15) is 11.8 Å². The van der Waals surface area contributed by atoms with Crippen LogP contribution in [0.4, 0.5) is 0 Å². The molecule has 90 valence electrons. The predicted octanol–water partition coefficient (Wildman–Crippen LogP) is 2.06. The Bertz CT molecular complexity index is 178. The minimum atomic E-state index is -0.365. The molecular formula is C11H23NO2S. The van der Waals surface area contributed by atoms with Gasteiger partial charge in [0.15, 0.2) is 0 Å². The molecule has 0 aliphatic rings. The van der Waals surface area contributed by atoms with Crippen molar-refractivity contribution in [2.45, 2.75) is 39.2 Å². The van der Waals surface area contributed by atoms with Gasteiger partial charge in [0.1, 0.15) is 5.60 Å². The molecule has 0 spiro atoms. The molecule has 0 radical (unpaired) electrons. The molecule has 0 aromatic heterocycles. The van der Waals surface area contributed by atoms with E-state index in [0.717, 1.165) is 13.0 Å². The van der Waals surface area contributed by atoms with Gasteiger partial charge >= 0.3 is 5.97 Å². The zero-order valence-corrected chi connectivity index (χ0v) is 11.1. The quantitative estimate of drug-likeness (QED) is 0.539. The van der Waals surface area contributed by atoms with Gasteiger partial charge in [-0.15, -0.1) is 0 Å². The molecule has 0 aliphatic heterocycles. The van der Waals surface area contributed by atoms with Gasteiger partial charge in [-0.05, 0) is 45.7 Å². The van der Waals surface area contributed by atoms with E-state index in [4.69, 9.17) is 4.74 Å². The molecule has 0 unspecified atom stereocenters. The summed E-state index contributed by atoms with van der Waals surface area (Å²) in [5.41, 5.74) is -0.365. The largest absolute Gasteiger partial charge is 0.460 e. The highest BCUT2D eigenvalue weighted by molar-refractivity contribution is 7.98. The number of carbonyl (C=O) groups excluding carboxylic acids is 1. The van der Waals surface area contributed by atoms with Crippen molar-refractivity contribution in [1.29, 1.82) is 0 Å². The molecule has 0 saturated carbocycles. The van der Waals surface area contributed by atoms with Crippen molar-refractivity contribution in [3.63, 3.8) is 0 Å². The SMILES string of the molecule is CSCCCNCCC(=O)OC(C)(C)C. The summed E-state index contributed by atoms with van der Waals surface area (Å²) in [7, 11) is 0. The molecule has 0 saturated heterocycles. The number of nitrogens with one attached hydrogen (secondary N) is 1. The van der Waals surface area contributed by atoms with Crippen molar-refractivity contribution in [2.75, 3.05) is 25.1 Å². The van der Waals surface area contributed by atoms with Crippen LogP contribution in [-0.4, -0.2) is 36.7 Å². The molecule has 3 nitrogen and oxygen atoms in total. The number of hydrogen-bond acceptors (Lipinski definition) is 4. The summed E-state index contributed by atoms with van der Waals surface area (Å²) in [6, 6.07) is 0. The monoisotopic (exact) mass is 233 g/mol. The van der Waals surface area contributed by atoms with Crippen molar-refractivity contribution in [3.8, 4) is 0 Å². The first-order chi connectivity index (χ1) is 6.95. The average Bonchev–Trinajstić information content (AvgIpc) is 2.08. The maximum absolute atomic E-state index is 11.3. The Labute approximate surface area is 97.3 Å². The molecule has 4 heteroatoms. The van der Waals surface area contributed by atoms with E-state index in [9.17, 15) is 4.79 Å². The zero-order chi connectivity index (χ0) is 11.7. The van der Waals surface area contributed by atoms with E-state index >= 15 is 0 Å². The van der Waals surface area contributed by atoms with Crippen LogP contribution < -0.4 is 5.32 Å². The molecule has 15 heavy (non-hydrogen) atoms. The van der Waals surface area contributed by atoms with Crippen molar-refractivity contribution < 1.29 is 9.53 Å². The van der Waals surface area contributed by atoms with E-state index in [-0.39, 0.29) is 11.6 Å². The molecule has 0 bridgehead atoms. The lowest BCUT2D eigenvalue weighted by atomic mass is 10.2. The number of thioether (sulfide) groups is 1. The molecule has 0 rings (SSSR count). The first kappa shape index (κ1) is 14.8. The lowest BCUT2D eigenvalue weighted by Gasteiger charge is -2.19. The molecule has 0 aromatic carbocycles. The number of hydrogen-bond donors (Lipinski definition) is 1. The van der Waals surface area contributed by atoms with E-state index < -0.39 is 0 Å². The van der Waals surface area contributed by atoms with Crippen LogP contribution in [0.2, 0.25) is 0 Å². The highest BCUT2D eigenvalue weighted by Crippen LogP contribution is 2.07. The zero-order valence-electron chi connectivity index (χ0n) is 10.3. The van der Waals surface area contributed by atoms with Crippen LogP contribution in [0.1, 0.15) is 33.6 Å². The maximum Gasteiger partial charge on any atom is 0.307 e. The molecule has 0 amide bonds. The minimum Gasteiger partial charge on any atom is -0.460 e. The number of ether oxygens (including phenoxy) is 1. The second-order valence-corrected chi connectivity index (χ2v) is 5.42. The van der Waals surface area contributed by atoms with Crippen LogP contribution in [-0.2, 0) is 9.53 Å². The Morgan fingerprint density at radius 1 is 1.33 bits per heavy atom. The van der Waals surface area contributed by atoms with Crippen LogP contribution >= 0.6 is 11.8 Å². The Morgan fingerprint density at radius 3 is 2.53 bits per heavy atom. The number of carbonyl (C=O) groups is 1. The Kier molecular flexibility index (Phi) is 7.88.